The summed E-state index contributed by atoms with van der Waals surface area (Å²) in [6, 6.07) is 14.3. The lowest BCUT2D eigenvalue weighted by molar-refractivity contribution is -0.132. The van der Waals surface area contributed by atoms with Gasteiger partial charge in [-0.3, -0.25) is 9.10 Å². The molecule has 1 aliphatic rings. The molecule has 0 bridgehead atoms. The Hall–Kier alpha value is -2.25. The number of para-hydroxylation sites is 1. The van der Waals surface area contributed by atoms with Crippen molar-refractivity contribution in [2.24, 2.45) is 0 Å². The number of hydrogen-bond donors (Lipinski definition) is 0. The van der Waals surface area contributed by atoms with E-state index in [0.717, 1.165) is 17.5 Å². The van der Waals surface area contributed by atoms with Crippen LogP contribution in [0.2, 0.25) is 5.02 Å². The number of benzene rings is 2. The molecule has 2 aromatic rings. The summed E-state index contributed by atoms with van der Waals surface area (Å²) in [6.45, 7) is 5.94. The molecule has 156 valence electrons. The predicted octanol–water partition coefficient (Wildman–Crippen LogP) is 3.15. The average molecular weight is 436 g/mol. The van der Waals surface area contributed by atoms with Crippen LogP contribution in [0.1, 0.15) is 12.5 Å². The fourth-order valence-electron chi connectivity index (χ4n) is 3.68. The molecule has 8 heteroatoms. The van der Waals surface area contributed by atoms with Crippen LogP contribution in [0.3, 0.4) is 0 Å². The maximum atomic E-state index is 13.2. The van der Waals surface area contributed by atoms with E-state index in [9.17, 15) is 13.2 Å². The summed E-state index contributed by atoms with van der Waals surface area (Å²) in [4.78, 5) is 17.1. The number of piperazine rings is 1. The molecule has 3 rings (SSSR count). The highest BCUT2D eigenvalue weighted by molar-refractivity contribution is 7.92. The molecule has 1 atom stereocenters. The largest absolute Gasteiger partial charge is 0.368 e. The van der Waals surface area contributed by atoms with Crippen LogP contribution in [0.5, 0.6) is 0 Å². The first-order valence-electron chi connectivity index (χ1n) is 9.53. The van der Waals surface area contributed by atoms with Gasteiger partial charge in [0, 0.05) is 36.9 Å². The second kappa shape index (κ2) is 8.63. The third-order valence-electron chi connectivity index (χ3n) is 5.19. The second-order valence-electron chi connectivity index (χ2n) is 7.31. The number of halogens is 1. The Morgan fingerprint density at radius 3 is 2.28 bits per heavy atom. The number of nitrogens with zero attached hydrogens (tertiary/aromatic N) is 3. The lowest BCUT2D eigenvalue weighted by atomic mass is 10.1. The van der Waals surface area contributed by atoms with E-state index < -0.39 is 16.1 Å². The minimum Gasteiger partial charge on any atom is -0.368 e. The summed E-state index contributed by atoms with van der Waals surface area (Å²) in [6.07, 6.45) is 1.12. The van der Waals surface area contributed by atoms with Crippen LogP contribution in [0.4, 0.5) is 11.4 Å². The van der Waals surface area contributed by atoms with Gasteiger partial charge in [-0.1, -0.05) is 35.9 Å². The zero-order valence-electron chi connectivity index (χ0n) is 16.9. The fraction of sp³-hybridized carbons (Fsp3) is 0.381. The summed E-state index contributed by atoms with van der Waals surface area (Å²) in [7, 11) is -3.68. The Bertz CT molecular complexity index is 974. The Labute approximate surface area is 177 Å². The minimum absolute atomic E-state index is 0.206. The third-order valence-corrected chi connectivity index (χ3v) is 6.65. The van der Waals surface area contributed by atoms with E-state index in [0.29, 0.717) is 36.9 Å². The first-order valence-corrected chi connectivity index (χ1v) is 11.8. The van der Waals surface area contributed by atoms with Crippen molar-refractivity contribution in [3.63, 3.8) is 0 Å². The molecule has 0 saturated carbocycles. The number of hydrogen-bond acceptors (Lipinski definition) is 4. The molecule has 1 amide bonds. The zero-order chi connectivity index (χ0) is 21.2. The van der Waals surface area contributed by atoms with Crippen molar-refractivity contribution < 1.29 is 13.2 Å². The van der Waals surface area contributed by atoms with Crippen LogP contribution in [-0.4, -0.2) is 57.7 Å². The molecule has 1 fully saturated rings. The number of sulfonamides is 1. The van der Waals surface area contributed by atoms with E-state index in [1.54, 1.807) is 36.9 Å². The minimum atomic E-state index is -3.68. The molecule has 1 aliphatic heterocycles. The maximum Gasteiger partial charge on any atom is 0.246 e. The van der Waals surface area contributed by atoms with Gasteiger partial charge in [0.1, 0.15) is 6.04 Å². The molecule has 0 N–H and O–H groups in total. The topological polar surface area (TPSA) is 60.9 Å². The van der Waals surface area contributed by atoms with Gasteiger partial charge >= 0.3 is 0 Å². The summed E-state index contributed by atoms with van der Waals surface area (Å²) < 4.78 is 26.3. The third kappa shape index (κ3) is 4.85. The van der Waals surface area contributed by atoms with Gasteiger partial charge in [0.2, 0.25) is 15.9 Å². The van der Waals surface area contributed by atoms with Gasteiger partial charge in [-0.05, 0) is 43.7 Å². The standard InChI is InChI=1S/C21H26ClN3O3S/c1-16-9-10-18(22)15-20(16)25(29(3,27)28)17(2)21(26)24-13-11-23(12-14-24)19-7-5-4-6-8-19/h4-10,15,17H,11-14H2,1-3H3. The number of carbonyl (C=O) groups is 1. The number of amides is 1. The van der Waals surface area contributed by atoms with Crippen molar-refractivity contribution in [3.05, 3.63) is 59.1 Å². The van der Waals surface area contributed by atoms with Crippen LogP contribution < -0.4 is 9.21 Å². The SMILES string of the molecule is Cc1ccc(Cl)cc1N(C(C)C(=O)N1CCN(c2ccccc2)CC1)S(C)(=O)=O. The fourth-order valence-corrected chi connectivity index (χ4v) is 5.07. The van der Waals surface area contributed by atoms with Crippen molar-refractivity contribution in [1.29, 1.82) is 0 Å². The van der Waals surface area contributed by atoms with E-state index in [-0.39, 0.29) is 5.91 Å². The number of carbonyl (C=O) groups excluding carboxylic acids is 1. The molecule has 29 heavy (non-hydrogen) atoms. The van der Waals surface area contributed by atoms with Gasteiger partial charge in [0.05, 0.1) is 11.9 Å². The van der Waals surface area contributed by atoms with Crippen LogP contribution in [0.25, 0.3) is 0 Å². The first-order chi connectivity index (χ1) is 13.7. The van der Waals surface area contributed by atoms with Crippen LogP contribution >= 0.6 is 11.6 Å². The lowest BCUT2D eigenvalue weighted by Gasteiger charge is -2.39. The normalized spacial score (nSPS) is 15.9. The molecule has 1 unspecified atom stereocenters. The van der Waals surface area contributed by atoms with Crippen molar-refractivity contribution >= 4 is 38.9 Å². The predicted molar refractivity (Wildman–Crippen MR) is 118 cm³/mol. The number of rotatable bonds is 5. The zero-order valence-corrected chi connectivity index (χ0v) is 18.4. The van der Waals surface area contributed by atoms with Gasteiger partial charge < -0.3 is 9.80 Å². The number of anilines is 2. The maximum absolute atomic E-state index is 13.2. The van der Waals surface area contributed by atoms with Crippen LogP contribution in [-0.2, 0) is 14.8 Å². The van der Waals surface area contributed by atoms with Gasteiger partial charge in [-0.2, -0.15) is 0 Å². The molecule has 0 radical (unpaired) electrons. The molecule has 1 heterocycles. The highest BCUT2D eigenvalue weighted by Gasteiger charge is 2.34. The summed E-state index contributed by atoms with van der Waals surface area (Å²) in [5, 5.41) is 0.426. The first kappa shape index (κ1) is 21.5. The summed E-state index contributed by atoms with van der Waals surface area (Å²) in [5.74, 6) is -0.206. The van der Waals surface area contributed by atoms with E-state index in [1.807, 2.05) is 30.3 Å². The molecule has 1 saturated heterocycles. The summed E-state index contributed by atoms with van der Waals surface area (Å²) >= 11 is 6.10. The molecule has 0 aromatic heterocycles. The van der Waals surface area contributed by atoms with Crippen LogP contribution in [0, 0.1) is 6.92 Å². The number of aryl methyl sites for hydroxylation is 1. The lowest BCUT2D eigenvalue weighted by Crippen LogP contribution is -2.55. The second-order valence-corrected chi connectivity index (χ2v) is 9.61. The highest BCUT2D eigenvalue weighted by Crippen LogP contribution is 2.29. The molecule has 2 aromatic carbocycles. The van der Waals surface area contributed by atoms with Crippen molar-refractivity contribution in [1.82, 2.24) is 4.90 Å². The molecule has 6 nitrogen and oxygen atoms in total. The van der Waals surface area contributed by atoms with Gasteiger partial charge in [0.15, 0.2) is 0 Å². The molecule has 0 spiro atoms. The monoisotopic (exact) mass is 435 g/mol. The van der Waals surface area contributed by atoms with Crippen molar-refractivity contribution in [2.45, 2.75) is 19.9 Å². The highest BCUT2D eigenvalue weighted by atomic mass is 35.5. The van der Waals surface area contributed by atoms with E-state index >= 15 is 0 Å². The van der Waals surface area contributed by atoms with Gasteiger partial charge in [-0.15, -0.1) is 0 Å². The molecule has 0 aliphatic carbocycles. The quantitative estimate of drug-likeness (QED) is 0.723. The van der Waals surface area contributed by atoms with Gasteiger partial charge in [0.25, 0.3) is 0 Å². The van der Waals surface area contributed by atoms with Gasteiger partial charge in [-0.25, -0.2) is 8.42 Å². The Kier molecular flexibility index (Phi) is 6.39. The molecular weight excluding hydrogens is 410 g/mol. The summed E-state index contributed by atoms with van der Waals surface area (Å²) in [5.41, 5.74) is 2.30. The van der Waals surface area contributed by atoms with Crippen molar-refractivity contribution in [2.75, 3.05) is 41.6 Å². The van der Waals surface area contributed by atoms with E-state index in [4.69, 9.17) is 11.6 Å². The van der Waals surface area contributed by atoms with Crippen molar-refractivity contribution in [3.8, 4) is 0 Å². The average Bonchev–Trinajstić information content (AvgIpc) is 2.70. The van der Waals surface area contributed by atoms with E-state index in [2.05, 4.69) is 4.90 Å². The molecular formula is C21H26ClN3O3S. The smallest absolute Gasteiger partial charge is 0.246 e. The van der Waals surface area contributed by atoms with E-state index in [1.165, 1.54) is 4.31 Å². The Morgan fingerprint density at radius 1 is 1.07 bits per heavy atom. The Morgan fingerprint density at radius 2 is 1.69 bits per heavy atom. The van der Waals surface area contributed by atoms with Crippen LogP contribution in [0.15, 0.2) is 48.5 Å². The Balaban J connectivity index is 1.78.